The zero-order valence-electron chi connectivity index (χ0n) is 15.3. The molecule has 0 atom stereocenters. The van der Waals surface area contributed by atoms with Gasteiger partial charge in [0.1, 0.15) is 6.29 Å². The minimum atomic E-state index is -0.384. The number of hydrogen-bond donors (Lipinski definition) is 2. The van der Waals surface area contributed by atoms with Gasteiger partial charge < -0.3 is 20.1 Å². The van der Waals surface area contributed by atoms with Crippen LogP contribution in [0.1, 0.15) is 34.6 Å². The van der Waals surface area contributed by atoms with Crippen molar-refractivity contribution in [2.45, 2.75) is 13.8 Å². The predicted molar refractivity (Wildman–Crippen MR) is 102 cm³/mol. The molecule has 2 aromatic rings. The molecule has 0 aliphatic rings. The summed E-state index contributed by atoms with van der Waals surface area (Å²) in [6.45, 7) is 4.32. The van der Waals surface area contributed by atoms with Crippen molar-refractivity contribution in [3.05, 3.63) is 53.6 Å². The lowest BCUT2D eigenvalue weighted by atomic mass is 10.2. The summed E-state index contributed by atoms with van der Waals surface area (Å²) in [5, 5.41) is 5.38. The van der Waals surface area contributed by atoms with Crippen LogP contribution in [0.5, 0.6) is 11.5 Å². The number of ether oxygens (including phenoxy) is 2. The Hall–Kier alpha value is -3.35. The van der Waals surface area contributed by atoms with Gasteiger partial charge in [-0.1, -0.05) is 6.07 Å². The lowest BCUT2D eigenvalue weighted by molar-refractivity contribution is -0.118. The Morgan fingerprint density at radius 2 is 1.85 bits per heavy atom. The van der Waals surface area contributed by atoms with Gasteiger partial charge in [-0.2, -0.15) is 0 Å². The summed E-state index contributed by atoms with van der Waals surface area (Å²) in [6.07, 6.45) is 0.709. The number of rotatable bonds is 9. The number of hydrogen-bond acceptors (Lipinski definition) is 5. The van der Waals surface area contributed by atoms with Crippen LogP contribution < -0.4 is 20.1 Å². The molecule has 0 unspecified atom stereocenters. The average molecular weight is 370 g/mol. The molecule has 0 aliphatic heterocycles. The first-order chi connectivity index (χ1) is 13.1. The van der Waals surface area contributed by atoms with Crippen LogP contribution in [0.3, 0.4) is 0 Å². The third-order valence-corrected chi connectivity index (χ3v) is 3.51. The highest BCUT2D eigenvalue weighted by atomic mass is 16.5. The summed E-state index contributed by atoms with van der Waals surface area (Å²) in [6, 6.07) is 11.3. The molecular weight excluding hydrogens is 348 g/mol. The summed E-state index contributed by atoms with van der Waals surface area (Å²) >= 11 is 0. The van der Waals surface area contributed by atoms with E-state index in [1.54, 1.807) is 42.5 Å². The molecule has 0 fully saturated rings. The molecule has 7 nitrogen and oxygen atoms in total. The van der Waals surface area contributed by atoms with Gasteiger partial charge in [-0.15, -0.1) is 0 Å². The van der Waals surface area contributed by atoms with Crippen LogP contribution in [-0.4, -0.2) is 37.9 Å². The van der Waals surface area contributed by atoms with Gasteiger partial charge in [0.25, 0.3) is 11.8 Å². The molecule has 2 amide bonds. The highest BCUT2D eigenvalue weighted by Crippen LogP contribution is 2.28. The molecule has 2 rings (SSSR count). The van der Waals surface area contributed by atoms with Crippen LogP contribution in [0.2, 0.25) is 0 Å². The molecule has 142 valence electrons. The Kier molecular flexibility index (Phi) is 7.37. The van der Waals surface area contributed by atoms with E-state index in [4.69, 9.17) is 9.47 Å². The minimum absolute atomic E-state index is 0.207. The lowest BCUT2D eigenvalue weighted by Crippen LogP contribution is -2.23. The Morgan fingerprint density at radius 3 is 2.56 bits per heavy atom. The van der Waals surface area contributed by atoms with Gasteiger partial charge in [0, 0.05) is 23.4 Å². The van der Waals surface area contributed by atoms with Crippen molar-refractivity contribution in [3.63, 3.8) is 0 Å². The highest BCUT2D eigenvalue weighted by Gasteiger charge is 2.11. The van der Waals surface area contributed by atoms with E-state index in [9.17, 15) is 14.4 Å². The third kappa shape index (κ3) is 5.85. The first-order valence-electron chi connectivity index (χ1n) is 8.60. The van der Waals surface area contributed by atoms with Gasteiger partial charge in [0.15, 0.2) is 18.1 Å². The second-order valence-electron chi connectivity index (χ2n) is 5.53. The Bertz CT molecular complexity index is 820. The van der Waals surface area contributed by atoms with E-state index in [-0.39, 0.29) is 18.4 Å². The number of benzene rings is 2. The van der Waals surface area contributed by atoms with E-state index in [1.165, 1.54) is 0 Å². The lowest BCUT2D eigenvalue weighted by Gasteiger charge is -2.12. The number of anilines is 1. The largest absolute Gasteiger partial charge is 0.490 e. The zero-order valence-corrected chi connectivity index (χ0v) is 15.3. The number of aldehydes is 1. The summed E-state index contributed by atoms with van der Waals surface area (Å²) in [7, 11) is 0. The van der Waals surface area contributed by atoms with Gasteiger partial charge >= 0.3 is 0 Å². The number of carbonyl (C=O) groups excluding carboxylic acids is 3. The van der Waals surface area contributed by atoms with Crippen molar-refractivity contribution >= 4 is 23.8 Å². The van der Waals surface area contributed by atoms with Crippen LogP contribution in [-0.2, 0) is 4.79 Å². The molecule has 0 radical (unpaired) electrons. The number of nitrogens with one attached hydrogen (secondary N) is 2. The fourth-order valence-corrected chi connectivity index (χ4v) is 2.33. The van der Waals surface area contributed by atoms with Crippen LogP contribution in [0.15, 0.2) is 42.5 Å². The van der Waals surface area contributed by atoms with Crippen LogP contribution in [0.25, 0.3) is 0 Å². The standard InChI is InChI=1S/C20H22N2O5/c1-3-21-20(25)15-6-5-7-16(11-15)22-19(24)13-27-17-9-8-14(12-23)10-18(17)26-4-2/h5-12H,3-4,13H2,1-2H3,(H,21,25)(H,22,24). The van der Waals surface area contributed by atoms with Gasteiger partial charge in [0.05, 0.1) is 6.61 Å². The van der Waals surface area contributed by atoms with Gasteiger partial charge in [-0.3, -0.25) is 14.4 Å². The second-order valence-corrected chi connectivity index (χ2v) is 5.53. The fourth-order valence-electron chi connectivity index (χ4n) is 2.33. The molecule has 2 aromatic carbocycles. The first kappa shape index (κ1) is 20.0. The summed E-state index contributed by atoms with van der Waals surface area (Å²) in [5.74, 6) is 0.174. The highest BCUT2D eigenvalue weighted by molar-refractivity contribution is 5.97. The molecule has 0 aliphatic carbocycles. The molecule has 0 saturated carbocycles. The normalized spacial score (nSPS) is 10.0. The second kappa shape index (κ2) is 9.96. The molecule has 0 spiro atoms. The van der Waals surface area contributed by atoms with Crippen molar-refractivity contribution in [3.8, 4) is 11.5 Å². The Balaban J connectivity index is 1.99. The maximum atomic E-state index is 12.2. The summed E-state index contributed by atoms with van der Waals surface area (Å²) in [4.78, 5) is 34.9. The first-order valence-corrected chi connectivity index (χ1v) is 8.60. The maximum absolute atomic E-state index is 12.2. The fraction of sp³-hybridized carbons (Fsp3) is 0.250. The van der Waals surface area contributed by atoms with Gasteiger partial charge in [-0.05, 0) is 50.2 Å². The Morgan fingerprint density at radius 1 is 1.04 bits per heavy atom. The molecule has 7 heteroatoms. The molecular formula is C20H22N2O5. The van der Waals surface area contributed by atoms with Crippen molar-refractivity contribution in [1.29, 1.82) is 0 Å². The molecule has 0 bridgehead atoms. The van der Waals surface area contributed by atoms with E-state index >= 15 is 0 Å². The van der Waals surface area contributed by atoms with E-state index < -0.39 is 0 Å². The zero-order chi connectivity index (χ0) is 19.6. The summed E-state index contributed by atoms with van der Waals surface area (Å²) < 4.78 is 10.9. The van der Waals surface area contributed by atoms with E-state index in [0.29, 0.717) is 47.8 Å². The third-order valence-electron chi connectivity index (χ3n) is 3.51. The van der Waals surface area contributed by atoms with Crippen LogP contribution in [0.4, 0.5) is 5.69 Å². The van der Waals surface area contributed by atoms with Crippen molar-refractivity contribution in [1.82, 2.24) is 5.32 Å². The van der Waals surface area contributed by atoms with Crippen molar-refractivity contribution in [2.24, 2.45) is 0 Å². The molecule has 0 heterocycles. The van der Waals surface area contributed by atoms with Crippen LogP contribution >= 0.6 is 0 Å². The molecule has 2 N–H and O–H groups in total. The average Bonchev–Trinajstić information content (AvgIpc) is 2.67. The number of carbonyl (C=O) groups is 3. The van der Waals surface area contributed by atoms with Crippen molar-refractivity contribution in [2.75, 3.05) is 25.1 Å². The van der Waals surface area contributed by atoms with Crippen molar-refractivity contribution < 1.29 is 23.9 Å². The Labute approximate surface area is 157 Å². The smallest absolute Gasteiger partial charge is 0.262 e. The SMILES string of the molecule is CCNC(=O)c1cccc(NC(=O)COc2ccc(C=O)cc2OCC)c1. The van der Waals surface area contributed by atoms with Crippen LogP contribution in [0, 0.1) is 0 Å². The number of amides is 2. The van der Waals surface area contributed by atoms with E-state index in [1.807, 2.05) is 13.8 Å². The van der Waals surface area contributed by atoms with Gasteiger partial charge in [-0.25, -0.2) is 0 Å². The van der Waals surface area contributed by atoms with E-state index in [2.05, 4.69) is 10.6 Å². The van der Waals surface area contributed by atoms with E-state index in [0.717, 1.165) is 0 Å². The maximum Gasteiger partial charge on any atom is 0.262 e. The molecule has 0 aromatic heterocycles. The summed E-state index contributed by atoms with van der Waals surface area (Å²) in [5.41, 5.74) is 1.41. The molecule has 0 saturated heterocycles. The topological polar surface area (TPSA) is 93.7 Å². The monoisotopic (exact) mass is 370 g/mol. The predicted octanol–water partition coefficient (Wildman–Crippen LogP) is 2.67. The quantitative estimate of drug-likeness (QED) is 0.662. The molecule has 27 heavy (non-hydrogen) atoms. The minimum Gasteiger partial charge on any atom is -0.490 e. The van der Waals surface area contributed by atoms with Gasteiger partial charge in [0.2, 0.25) is 0 Å².